The third-order valence-electron chi connectivity index (χ3n) is 3.69. The van der Waals surface area contributed by atoms with Gasteiger partial charge >= 0.3 is 0 Å². The Morgan fingerprint density at radius 1 is 1.45 bits per heavy atom. The first-order valence-corrected chi connectivity index (χ1v) is 7.16. The van der Waals surface area contributed by atoms with Crippen molar-refractivity contribution in [3.8, 4) is 0 Å². The van der Waals surface area contributed by atoms with Gasteiger partial charge in [-0.25, -0.2) is 0 Å². The third kappa shape index (κ3) is 3.57. The number of carbonyl (C=O) groups excluding carboxylic acids is 1. The molecule has 1 aromatic carbocycles. The van der Waals surface area contributed by atoms with Crippen LogP contribution in [0.4, 0.5) is 5.69 Å². The average Bonchev–Trinajstić information content (AvgIpc) is 2.93. The standard InChI is InChI=1S/C15H22N4O/c1-2-11(8-9-16)6-7-15(20)18-13-4-3-5-14-12(13)10-17-19-14/h3-5,10-11H,2,6-9,16H2,1H3,(H,17,19)(H,18,20). The van der Waals surface area contributed by atoms with Crippen LogP contribution in [0, 0.1) is 5.92 Å². The molecule has 0 saturated carbocycles. The lowest BCUT2D eigenvalue weighted by molar-refractivity contribution is -0.116. The summed E-state index contributed by atoms with van der Waals surface area (Å²) in [6.07, 6.45) is 5.21. The van der Waals surface area contributed by atoms with Gasteiger partial charge < -0.3 is 11.1 Å². The Morgan fingerprint density at radius 3 is 3.05 bits per heavy atom. The molecular weight excluding hydrogens is 252 g/mol. The van der Waals surface area contributed by atoms with Crippen molar-refractivity contribution >= 4 is 22.5 Å². The summed E-state index contributed by atoms with van der Waals surface area (Å²) in [5.74, 6) is 0.588. The second kappa shape index (κ2) is 7.05. The zero-order valence-corrected chi connectivity index (χ0v) is 11.9. The van der Waals surface area contributed by atoms with Gasteiger partial charge in [-0.3, -0.25) is 9.89 Å². The molecule has 2 aromatic rings. The highest BCUT2D eigenvalue weighted by Crippen LogP contribution is 2.22. The molecule has 20 heavy (non-hydrogen) atoms. The minimum Gasteiger partial charge on any atom is -0.330 e. The molecule has 0 spiro atoms. The Labute approximate surface area is 118 Å². The maximum Gasteiger partial charge on any atom is 0.224 e. The van der Waals surface area contributed by atoms with Gasteiger partial charge in [0, 0.05) is 11.8 Å². The number of nitrogens with two attached hydrogens (primary N) is 1. The molecule has 1 heterocycles. The van der Waals surface area contributed by atoms with E-state index in [1.165, 1.54) is 0 Å². The number of carbonyl (C=O) groups is 1. The highest BCUT2D eigenvalue weighted by molar-refractivity contribution is 6.00. The Hall–Kier alpha value is -1.88. The summed E-state index contributed by atoms with van der Waals surface area (Å²) in [5, 5.41) is 10.8. The fourth-order valence-electron chi connectivity index (χ4n) is 2.41. The first-order valence-electron chi connectivity index (χ1n) is 7.16. The van der Waals surface area contributed by atoms with Gasteiger partial charge in [0.15, 0.2) is 0 Å². The van der Waals surface area contributed by atoms with Gasteiger partial charge in [0.05, 0.1) is 17.4 Å². The third-order valence-corrected chi connectivity index (χ3v) is 3.69. The van der Waals surface area contributed by atoms with Crippen LogP contribution in [-0.4, -0.2) is 22.6 Å². The molecule has 0 bridgehead atoms. The van der Waals surface area contributed by atoms with Crippen molar-refractivity contribution in [2.24, 2.45) is 11.7 Å². The van der Waals surface area contributed by atoms with Crippen molar-refractivity contribution in [1.82, 2.24) is 10.2 Å². The SMILES string of the molecule is CCC(CCN)CCC(=O)Nc1cccc2[nH]ncc12. The number of aromatic nitrogens is 2. The summed E-state index contributed by atoms with van der Waals surface area (Å²) in [4.78, 5) is 12.0. The van der Waals surface area contributed by atoms with Crippen LogP contribution < -0.4 is 11.1 Å². The van der Waals surface area contributed by atoms with Crippen LogP contribution in [0.2, 0.25) is 0 Å². The molecule has 108 valence electrons. The highest BCUT2D eigenvalue weighted by Gasteiger charge is 2.10. The molecule has 0 aliphatic rings. The zero-order chi connectivity index (χ0) is 14.4. The van der Waals surface area contributed by atoms with Crippen molar-refractivity contribution in [3.05, 3.63) is 24.4 Å². The summed E-state index contributed by atoms with van der Waals surface area (Å²) in [7, 11) is 0. The van der Waals surface area contributed by atoms with Crippen LogP contribution in [0.3, 0.4) is 0 Å². The molecular formula is C15H22N4O. The molecule has 1 unspecified atom stereocenters. The predicted octanol–water partition coefficient (Wildman–Crippen LogP) is 2.66. The van der Waals surface area contributed by atoms with E-state index in [0.29, 0.717) is 18.9 Å². The quantitative estimate of drug-likeness (QED) is 0.725. The Kier molecular flexibility index (Phi) is 5.12. The van der Waals surface area contributed by atoms with E-state index in [1.54, 1.807) is 6.20 Å². The van der Waals surface area contributed by atoms with E-state index in [1.807, 2.05) is 18.2 Å². The fraction of sp³-hybridized carbons (Fsp3) is 0.467. The minimum atomic E-state index is 0.0502. The number of H-pyrrole nitrogens is 1. The second-order valence-electron chi connectivity index (χ2n) is 5.08. The minimum absolute atomic E-state index is 0.0502. The maximum absolute atomic E-state index is 12.0. The summed E-state index contributed by atoms with van der Waals surface area (Å²) < 4.78 is 0. The summed E-state index contributed by atoms with van der Waals surface area (Å²) >= 11 is 0. The molecule has 1 aromatic heterocycles. The van der Waals surface area contributed by atoms with Gasteiger partial charge in [0.25, 0.3) is 0 Å². The Bertz CT molecular complexity index is 564. The maximum atomic E-state index is 12.0. The molecule has 5 nitrogen and oxygen atoms in total. The van der Waals surface area contributed by atoms with Gasteiger partial charge in [0.2, 0.25) is 5.91 Å². The summed E-state index contributed by atoms with van der Waals surface area (Å²) in [5.41, 5.74) is 7.32. The number of amides is 1. The lowest BCUT2D eigenvalue weighted by Crippen LogP contribution is -2.15. The van der Waals surface area contributed by atoms with Crippen molar-refractivity contribution in [3.63, 3.8) is 0 Å². The molecule has 4 N–H and O–H groups in total. The van der Waals surface area contributed by atoms with E-state index in [2.05, 4.69) is 22.4 Å². The van der Waals surface area contributed by atoms with E-state index < -0.39 is 0 Å². The smallest absolute Gasteiger partial charge is 0.224 e. The molecule has 1 amide bonds. The van der Waals surface area contributed by atoms with E-state index >= 15 is 0 Å². The fourth-order valence-corrected chi connectivity index (χ4v) is 2.41. The molecule has 0 aliphatic carbocycles. The number of rotatable bonds is 7. The molecule has 1 atom stereocenters. The van der Waals surface area contributed by atoms with Crippen LogP contribution in [-0.2, 0) is 4.79 Å². The van der Waals surface area contributed by atoms with Gasteiger partial charge in [-0.15, -0.1) is 0 Å². The van der Waals surface area contributed by atoms with Crippen LogP contribution in [0.5, 0.6) is 0 Å². The Balaban J connectivity index is 1.93. The van der Waals surface area contributed by atoms with E-state index in [9.17, 15) is 4.79 Å². The van der Waals surface area contributed by atoms with Crippen molar-refractivity contribution in [2.45, 2.75) is 32.6 Å². The molecule has 0 radical (unpaired) electrons. The molecule has 0 saturated heterocycles. The zero-order valence-electron chi connectivity index (χ0n) is 11.9. The van der Waals surface area contributed by atoms with Gasteiger partial charge in [0.1, 0.15) is 0 Å². The number of benzene rings is 1. The number of aromatic amines is 1. The Morgan fingerprint density at radius 2 is 2.30 bits per heavy atom. The van der Waals surface area contributed by atoms with Gasteiger partial charge in [-0.05, 0) is 37.4 Å². The number of hydrogen-bond acceptors (Lipinski definition) is 3. The first kappa shape index (κ1) is 14.5. The van der Waals surface area contributed by atoms with E-state index in [0.717, 1.165) is 35.9 Å². The molecule has 2 rings (SSSR count). The molecule has 5 heteroatoms. The van der Waals surface area contributed by atoms with Crippen LogP contribution in [0.1, 0.15) is 32.6 Å². The van der Waals surface area contributed by atoms with Crippen molar-refractivity contribution in [1.29, 1.82) is 0 Å². The lowest BCUT2D eigenvalue weighted by Gasteiger charge is -2.13. The summed E-state index contributed by atoms with van der Waals surface area (Å²) in [6.45, 7) is 2.83. The largest absolute Gasteiger partial charge is 0.330 e. The normalized spacial score (nSPS) is 12.5. The van der Waals surface area contributed by atoms with Crippen LogP contribution >= 0.6 is 0 Å². The second-order valence-corrected chi connectivity index (χ2v) is 5.08. The van der Waals surface area contributed by atoms with Crippen LogP contribution in [0.25, 0.3) is 10.9 Å². The highest BCUT2D eigenvalue weighted by atomic mass is 16.1. The molecule has 0 aliphatic heterocycles. The first-order chi connectivity index (χ1) is 9.74. The topological polar surface area (TPSA) is 83.8 Å². The number of anilines is 1. The van der Waals surface area contributed by atoms with Gasteiger partial charge in [-0.2, -0.15) is 5.10 Å². The lowest BCUT2D eigenvalue weighted by atomic mass is 9.96. The monoisotopic (exact) mass is 274 g/mol. The van der Waals surface area contributed by atoms with Gasteiger partial charge in [-0.1, -0.05) is 19.4 Å². The summed E-state index contributed by atoms with van der Waals surface area (Å²) in [6, 6.07) is 5.73. The number of hydrogen-bond donors (Lipinski definition) is 3. The number of fused-ring (bicyclic) bond motifs is 1. The van der Waals surface area contributed by atoms with Crippen molar-refractivity contribution < 1.29 is 4.79 Å². The van der Waals surface area contributed by atoms with Crippen LogP contribution in [0.15, 0.2) is 24.4 Å². The average molecular weight is 274 g/mol. The number of nitrogens with zero attached hydrogens (tertiary/aromatic N) is 1. The van der Waals surface area contributed by atoms with Crippen molar-refractivity contribution in [2.75, 3.05) is 11.9 Å². The van der Waals surface area contributed by atoms with E-state index in [-0.39, 0.29) is 5.91 Å². The number of nitrogens with one attached hydrogen (secondary N) is 2. The van der Waals surface area contributed by atoms with E-state index in [4.69, 9.17) is 5.73 Å². The predicted molar refractivity (Wildman–Crippen MR) is 81.4 cm³/mol. The molecule has 0 fully saturated rings.